The fourth-order valence-electron chi connectivity index (χ4n) is 1.31. The maximum absolute atomic E-state index is 2.74. The number of hydrogen-bond acceptors (Lipinski definition) is 0. The van der Waals surface area contributed by atoms with Crippen LogP contribution in [0.4, 0.5) is 0 Å². The molecule has 4 heteroatoms. The van der Waals surface area contributed by atoms with Crippen molar-refractivity contribution in [3.05, 3.63) is 89.3 Å². The van der Waals surface area contributed by atoms with E-state index >= 15 is 0 Å². The van der Waals surface area contributed by atoms with Crippen LogP contribution in [0.5, 0.6) is 0 Å². The third-order valence-electron chi connectivity index (χ3n) is 1.99. The first-order valence-electron chi connectivity index (χ1n) is 5.82. The van der Waals surface area contributed by atoms with Crippen molar-refractivity contribution in [2.75, 3.05) is 0 Å². The summed E-state index contributed by atoms with van der Waals surface area (Å²) >= 11 is 1.55. The van der Waals surface area contributed by atoms with E-state index in [0.717, 1.165) is 0 Å². The molecule has 0 saturated carbocycles. The van der Waals surface area contributed by atoms with Crippen LogP contribution in [0.3, 0.4) is 0 Å². The van der Waals surface area contributed by atoms with E-state index < -0.39 is 0 Å². The standard InChI is InChI=1S/C9H7.C4H4N.C3H6.3CH3.2ClH.Zr/c1-2-5-9-7-3-6-8(9)4-1;1-2-4-5-3-1;1-3-2;;;;;;/h1-7H;1-3,5H;1-2H3;3*1H3;2*1H;/q2*-1;;3*-1;;;. The molecule has 23 heavy (non-hydrogen) atoms. The minimum absolute atomic E-state index is 0. The van der Waals surface area contributed by atoms with E-state index in [9.17, 15) is 0 Å². The van der Waals surface area contributed by atoms with Crippen LogP contribution in [0.15, 0.2) is 60.8 Å². The van der Waals surface area contributed by atoms with Crippen molar-refractivity contribution in [1.29, 1.82) is 0 Å². The Balaban J connectivity index is -0.0000000690. The van der Waals surface area contributed by atoms with E-state index in [1.807, 2.05) is 18.3 Å². The van der Waals surface area contributed by atoms with Crippen LogP contribution in [0.2, 0.25) is 0 Å². The molecule has 0 bridgehead atoms. The molecule has 0 fully saturated rings. The van der Waals surface area contributed by atoms with Crippen LogP contribution in [-0.2, 0) is 24.2 Å². The van der Waals surface area contributed by atoms with Gasteiger partial charge in [0.25, 0.3) is 0 Å². The molecule has 1 N–H and O–H groups in total. The van der Waals surface area contributed by atoms with Crippen molar-refractivity contribution in [2.45, 2.75) is 13.8 Å². The smallest absolute Gasteiger partial charge is 0.0809 e. The average molecular weight is 433 g/mol. The molecule has 0 amide bonds. The Hall–Kier alpha value is -0.557. The molecule has 1 nitrogen and oxygen atoms in total. The molecule has 2 aromatic carbocycles. The van der Waals surface area contributed by atoms with Crippen LogP contribution in [0, 0.1) is 28.5 Å². The molecule has 1 heterocycles. The fraction of sp³-hybridized carbons (Fsp3) is 0.105. The summed E-state index contributed by atoms with van der Waals surface area (Å²) in [5, 5.41) is 2.66. The number of rotatable bonds is 0. The van der Waals surface area contributed by atoms with Crippen molar-refractivity contribution in [3.63, 3.8) is 0 Å². The van der Waals surface area contributed by atoms with E-state index in [2.05, 4.69) is 67.5 Å². The van der Waals surface area contributed by atoms with Gasteiger partial charge in [0.15, 0.2) is 0 Å². The van der Waals surface area contributed by atoms with Crippen LogP contribution >= 0.6 is 24.8 Å². The Kier molecular flexibility index (Phi) is 31.6. The zero-order chi connectivity index (χ0) is 13.2. The fourth-order valence-corrected chi connectivity index (χ4v) is 1.31. The number of benzene rings is 1. The summed E-state index contributed by atoms with van der Waals surface area (Å²) < 4.78 is 1.51. The van der Waals surface area contributed by atoms with E-state index in [1.54, 1.807) is 24.2 Å². The molecule has 132 valence electrons. The quantitative estimate of drug-likeness (QED) is 0.401. The Labute approximate surface area is 170 Å². The maximum atomic E-state index is 2.74. The number of halogens is 2. The predicted octanol–water partition coefficient (Wildman–Crippen LogP) is 6.31. The number of H-pyrrole nitrogens is 1. The van der Waals surface area contributed by atoms with Gasteiger partial charge in [-0.15, -0.1) is 60.7 Å². The van der Waals surface area contributed by atoms with Gasteiger partial charge in [0.2, 0.25) is 0 Å². The Morgan fingerprint density at radius 2 is 1.57 bits per heavy atom. The summed E-state index contributed by atoms with van der Waals surface area (Å²) in [6.07, 6.45) is 4.56. The van der Waals surface area contributed by atoms with Crippen molar-refractivity contribution in [1.82, 2.24) is 4.98 Å². The van der Waals surface area contributed by atoms with Gasteiger partial charge in [-0.1, -0.05) is 6.07 Å². The van der Waals surface area contributed by atoms with Crippen molar-refractivity contribution >= 4 is 38.8 Å². The van der Waals surface area contributed by atoms with Crippen LogP contribution in [0.1, 0.15) is 13.8 Å². The summed E-state index contributed by atoms with van der Waals surface area (Å²) in [6.45, 7) is 4.25. The minimum atomic E-state index is 0. The van der Waals surface area contributed by atoms with Crippen molar-refractivity contribution in [3.8, 4) is 0 Å². The van der Waals surface area contributed by atoms with E-state index in [0.29, 0.717) is 0 Å². The van der Waals surface area contributed by atoms with Gasteiger partial charge in [-0.25, -0.2) is 0 Å². The number of hydrogen-bond donors (Lipinski definition) is 1. The van der Waals surface area contributed by atoms with Crippen LogP contribution in [0.25, 0.3) is 10.8 Å². The average Bonchev–Trinajstić information content (AvgIpc) is 3.03. The summed E-state index contributed by atoms with van der Waals surface area (Å²) in [7, 11) is 0. The third-order valence-corrected chi connectivity index (χ3v) is 1.99. The van der Waals surface area contributed by atoms with E-state index in [-0.39, 0.29) is 47.1 Å². The summed E-state index contributed by atoms with van der Waals surface area (Å²) in [4.78, 5) is 2.74. The van der Waals surface area contributed by atoms with E-state index in [1.165, 1.54) is 14.0 Å². The molecule has 0 atom stereocenters. The maximum Gasteiger partial charge on any atom is -0.0809 e. The molecule has 0 aliphatic carbocycles. The zero-order valence-corrected chi connectivity index (χ0v) is 18.7. The number of fused-ring (bicyclic) bond motifs is 1. The molecule has 0 aliphatic heterocycles. The Morgan fingerprint density at radius 3 is 1.96 bits per heavy atom. The molecule has 0 saturated heterocycles. The van der Waals surface area contributed by atoms with Crippen molar-refractivity contribution in [2.24, 2.45) is 0 Å². The van der Waals surface area contributed by atoms with Gasteiger partial charge in [-0.05, 0) is 0 Å². The minimum Gasteiger partial charge on any atom is -0.484 e. The van der Waals surface area contributed by atoms with Gasteiger partial charge < -0.3 is 27.3 Å². The summed E-state index contributed by atoms with van der Waals surface area (Å²) in [5.41, 5.74) is 0. The zero-order valence-electron chi connectivity index (χ0n) is 14.6. The summed E-state index contributed by atoms with van der Waals surface area (Å²) in [6, 6.07) is 18.4. The van der Waals surface area contributed by atoms with Crippen molar-refractivity contribution < 1.29 is 24.2 Å². The molecule has 3 aromatic rings. The van der Waals surface area contributed by atoms with Gasteiger partial charge in [-0.3, -0.25) is 0 Å². The predicted molar refractivity (Wildman–Crippen MR) is 109 cm³/mol. The molecule has 0 aliphatic rings. The molecule has 1 aromatic heterocycles. The third kappa shape index (κ3) is 17.6. The second-order valence-electron chi connectivity index (χ2n) is 3.97. The second kappa shape index (κ2) is 21.4. The number of aromatic amines is 1. The molecular weight excluding hydrogens is 404 g/mol. The molecule has 3 rings (SSSR count). The largest absolute Gasteiger partial charge is 0.484 e. The molecule has 0 unspecified atom stereocenters. The van der Waals surface area contributed by atoms with Gasteiger partial charge in [0.05, 0.1) is 0 Å². The SMILES string of the molecule is C[C](C)=[Zr].Cl.Cl.[CH3-].[CH3-].[CH3-].[c-]1ccc[nH]1.c1ccc2[cH-]ccc2c1. The number of aromatic nitrogens is 1. The molecule has 0 spiro atoms. The van der Waals surface area contributed by atoms with Gasteiger partial charge >= 0.3 is 41.3 Å². The van der Waals surface area contributed by atoms with Gasteiger partial charge in [0.1, 0.15) is 0 Å². The van der Waals surface area contributed by atoms with Gasteiger partial charge in [0, 0.05) is 0 Å². The molecule has 0 radical (unpaired) electrons. The van der Waals surface area contributed by atoms with E-state index in [4.69, 9.17) is 0 Å². The first kappa shape index (κ1) is 33.9. The first-order chi connectivity index (χ1) is 8.70. The second-order valence-corrected chi connectivity index (χ2v) is 6.43. The normalized spacial score (nSPS) is 6.83. The first-order valence-corrected chi connectivity index (χ1v) is 7.04. The summed E-state index contributed by atoms with van der Waals surface area (Å²) in [5.74, 6) is 0. The monoisotopic (exact) mass is 430 g/mol. The Bertz CT molecular complexity index is 508. The Morgan fingerprint density at radius 1 is 1.00 bits per heavy atom. The molecular formula is C19H28Cl2NZr-5. The van der Waals surface area contributed by atoms with Gasteiger partial charge in [-0.2, -0.15) is 35.8 Å². The van der Waals surface area contributed by atoms with Crippen LogP contribution in [-0.4, -0.2) is 8.19 Å². The topological polar surface area (TPSA) is 15.8 Å². The van der Waals surface area contributed by atoms with Crippen LogP contribution < -0.4 is 0 Å². The number of nitrogens with one attached hydrogen (secondary N) is 1.